The van der Waals surface area contributed by atoms with Crippen LogP contribution in [0.2, 0.25) is 3.93 Å². The SMILES string of the molecule is COC(CNc1ncnc(N)n1)[CH2][Hg][n]1c(=O)oc2c(C)cccc2c1=O. The molecule has 0 amide bonds. The Morgan fingerprint density at radius 3 is 2.93 bits per heavy atom. The third kappa shape index (κ3) is 4.50. The number of anilines is 2. The van der Waals surface area contributed by atoms with E-state index in [-0.39, 0.29) is 17.6 Å². The summed E-state index contributed by atoms with van der Waals surface area (Å²) in [5, 5.41) is 3.45. The molecule has 0 saturated carbocycles. The monoisotopic (exact) mass is 560 g/mol. The van der Waals surface area contributed by atoms with E-state index in [1.165, 1.54) is 8.66 Å². The van der Waals surface area contributed by atoms with Crippen LogP contribution < -0.4 is 22.4 Å². The van der Waals surface area contributed by atoms with Crippen molar-refractivity contribution >= 4 is 22.9 Å². The minimum absolute atomic E-state index is 0.122. The van der Waals surface area contributed by atoms with E-state index in [9.17, 15) is 9.59 Å². The quantitative estimate of drug-likeness (QED) is 0.395. The van der Waals surface area contributed by atoms with Crippen LogP contribution in [-0.2, 0) is 29.6 Å². The van der Waals surface area contributed by atoms with E-state index in [4.69, 9.17) is 14.9 Å². The van der Waals surface area contributed by atoms with Crippen molar-refractivity contribution in [2.45, 2.75) is 17.0 Å². The number of nitrogens with zero attached hydrogens (tertiary/aromatic N) is 4. The van der Waals surface area contributed by atoms with Crippen LogP contribution in [-0.4, -0.2) is 37.0 Å². The van der Waals surface area contributed by atoms with Crippen molar-refractivity contribution in [3.05, 3.63) is 51.0 Å². The van der Waals surface area contributed by atoms with E-state index >= 15 is 0 Å². The molecule has 0 aliphatic rings. The minimum atomic E-state index is -2.14. The number of para-hydroxylation sites is 1. The molecule has 1 atom stereocenters. The van der Waals surface area contributed by atoms with Crippen molar-refractivity contribution in [2.75, 3.05) is 24.7 Å². The number of fused-ring (bicyclic) bond motifs is 1. The molecule has 1 aromatic carbocycles. The number of benzene rings is 1. The number of aromatic nitrogens is 4. The average Bonchev–Trinajstić information content (AvgIpc) is 2.65. The number of hydrogen-bond acceptors (Lipinski definition) is 9. The first-order chi connectivity index (χ1) is 13.0. The fraction of sp³-hybridized carbons (Fsp3) is 0.312. The first-order valence-corrected chi connectivity index (χ1v) is 14.7. The summed E-state index contributed by atoms with van der Waals surface area (Å²) in [7, 11) is 1.58. The van der Waals surface area contributed by atoms with Gasteiger partial charge in [-0.25, -0.2) is 0 Å². The molecule has 0 aliphatic heterocycles. The second-order valence-electron chi connectivity index (χ2n) is 5.97. The van der Waals surface area contributed by atoms with Crippen LogP contribution in [0.3, 0.4) is 0 Å². The zero-order valence-electron chi connectivity index (χ0n) is 15.0. The van der Waals surface area contributed by atoms with Crippen molar-refractivity contribution in [2.24, 2.45) is 0 Å². The molecule has 0 fully saturated rings. The molecular weight excluding hydrogens is 541 g/mol. The molecule has 0 aliphatic carbocycles. The number of rotatable bonds is 7. The van der Waals surface area contributed by atoms with Gasteiger partial charge in [-0.1, -0.05) is 0 Å². The second kappa shape index (κ2) is 8.57. The number of aryl methyl sites for hydroxylation is 1. The normalized spacial score (nSPS) is 11.9. The first kappa shape index (κ1) is 19.4. The fourth-order valence-corrected chi connectivity index (χ4v) is 8.94. The van der Waals surface area contributed by atoms with Gasteiger partial charge in [0, 0.05) is 0 Å². The second-order valence-corrected chi connectivity index (χ2v) is 12.4. The summed E-state index contributed by atoms with van der Waals surface area (Å²) < 4.78 is 12.8. The standard InChI is InChI=1S/C9H7NO3.C7H12N5O.Hg/c1-5-3-2-4-6-7(5)13-9(12)10-8(6)11;1-5(13-2)3-9-7-11-4-10-6(8)12-7;/h2-4H,1H3,(H,10,11,12);4-5H,1,3H2,2H3,(H3,8,9,10,11,12);/q;;+1/p-1. The molecule has 3 N–H and O–H groups in total. The van der Waals surface area contributed by atoms with E-state index in [0.717, 1.165) is 5.56 Å². The van der Waals surface area contributed by atoms with E-state index in [1.54, 1.807) is 32.2 Å². The maximum atomic E-state index is 12.7. The van der Waals surface area contributed by atoms with Crippen molar-refractivity contribution in [1.29, 1.82) is 0 Å². The Hall–Kier alpha value is -2.33. The van der Waals surface area contributed by atoms with Crippen LogP contribution in [0.5, 0.6) is 0 Å². The average molecular weight is 559 g/mol. The van der Waals surface area contributed by atoms with Gasteiger partial charge >= 0.3 is 167 Å². The molecule has 2 aromatic heterocycles. The summed E-state index contributed by atoms with van der Waals surface area (Å²) in [5.74, 6) is -0.118. The molecule has 1 unspecified atom stereocenters. The Kier molecular flexibility index (Phi) is 6.17. The van der Waals surface area contributed by atoms with Crippen LogP contribution in [0.25, 0.3) is 11.0 Å². The van der Waals surface area contributed by atoms with Gasteiger partial charge in [0.1, 0.15) is 0 Å². The number of methoxy groups -OCH3 is 1. The van der Waals surface area contributed by atoms with Crippen LogP contribution in [0.15, 0.2) is 38.5 Å². The molecule has 0 bridgehead atoms. The molecule has 11 heteroatoms. The van der Waals surface area contributed by atoms with Gasteiger partial charge in [-0.2, -0.15) is 0 Å². The number of nitrogens with one attached hydrogen (secondary N) is 1. The number of ether oxygens (including phenoxy) is 1. The molecule has 0 saturated heterocycles. The first-order valence-electron chi connectivity index (χ1n) is 8.34. The molecule has 2 heterocycles. The van der Waals surface area contributed by atoms with Crippen molar-refractivity contribution in [3.8, 4) is 0 Å². The Morgan fingerprint density at radius 1 is 1.37 bits per heavy atom. The Labute approximate surface area is 166 Å². The van der Waals surface area contributed by atoms with E-state index in [0.29, 0.717) is 27.4 Å². The van der Waals surface area contributed by atoms with Crippen molar-refractivity contribution in [1.82, 2.24) is 17.3 Å². The van der Waals surface area contributed by atoms with Gasteiger partial charge in [-0.3, -0.25) is 0 Å². The molecule has 3 aromatic rings. The summed E-state index contributed by atoms with van der Waals surface area (Å²) in [4.78, 5) is 36.6. The van der Waals surface area contributed by atoms with Crippen molar-refractivity contribution < 1.29 is 34.0 Å². The summed E-state index contributed by atoms with van der Waals surface area (Å²) in [5.41, 5.74) is 6.36. The Balaban J connectivity index is 1.73. The topological polar surface area (TPSA) is 138 Å². The summed E-state index contributed by atoms with van der Waals surface area (Å²) in [6.45, 7) is 2.23. The summed E-state index contributed by atoms with van der Waals surface area (Å²) in [6.07, 6.45) is 1.12. The van der Waals surface area contributed by atoms with Gasteiger partial charge in [0.05, 0.1) is 0 Å². The van der Waals surface area contributed by atoms with Gasteiger partial charge in [0.2, 0.25) is 0 Å². The predicted octanol–water partition coefficient (Wildman–Crippen LogP) is 0.421. The Morgan fingerprint density at radius 2 is 2.19 bits per heavy atom. The molecule has 10 nitrogen and oxygen atoms in total. The Bertz CT molecular complexity index is 1070. The molecule has 138 valence electrons. The van der Waals surface area contributed by atoms with Gasteiger partial charge in [0.25, 0.3) is 0 Å². The van der Waals surface area contributed by atoms with Gasteiger partial charge in [-0.05, 0) is 0 Å². The van der Waals surface area contributed by atoms with Crippen molar-refractivity contribution in [3.63, 3.8) is 0 Å². The zero-order chi connectivity index (χ0) is 19.4. The molecule has 3 rings (SSSR count). The third-order valence-electron chi connectivity index (χ3n) is 4.18. The van der Waals surface area contributed by atoms with Gasteiger partial charge < -0.3 is 0 Å². The summed E-state index contributed by atoms with van der Waals surface area (Å²) in [6, 6.07) is 5.26. The third-order valence-corrected chi connectivity index (χ3v) is 11.5. The predicted molar refractivity (Wildman–Crippen MR) is 95.2 cm³/mol. The zero-order valence-corrected chi connectivity index (χ0v) is 20.5. The fourth-order valence-electron chi connectivity index (χ4n) is 2.70. The van der Waals surface area contributed by atoms with Crippen LogP contribution in [0.4, 0.5) is 11.9 Å². The van der Waals surface area contributed by atoms with Crippen LogP contribution in [0.1, 0.15) is 5.56 Å². The number of hydrogen-bond donors (Lipinski definition) is 2. The molecular formula is C16H18HgN6O4. The molecule has 27 heavy (non-hydrogen) atoms. The van der Waals surface area contributed by atoms with E-state index < -0.39 is 30.6 Å². The van der Waals surface area contributed by atoms with E-state index in [2.05, 4.69) is 20.3 Å². The van der Waals surface area contributed by atoms with Gasteiger partial charge in [0.15, 0.2) is 0 Å². The van der Waals surface area contributed by atoms with E-state index in [1.807, 2.05) is 0 Å². The molecule has 0 spiro atoms. The number of nitrogen functional groups attached to an aromatic ring is 1. The molecule has 0 radical (unpaired) electrons. The van der Waals surface area contributed by atoms with Crippen LogP contribution in [0, 0.1) is 6.92 Å². The number of nitrogens with two attached hydrogens (primary N) is 1. The maximum absolute atomic E-state index is 12.7. The van der Waals surface area contributed by atoms with Gasteiger partial charge in [-0.15, -0.1) is 0 Å². The van der Waals surface area contributed by atoms with Crippen LogP contribution >= 0.6 is 0 Å². The summed E-state index contributed by atoms with van der Waals surface area (Å²) >= 11 is -2.14.